The van der Waals surface area contributed by atoms with Crippen molar-refractivity contribution in [3.63, 3.8) is 0 Å². The maximum Gasteiger partial charge on any atom is 0.254 e. The van der Waals surface area contributed by atoms with Gasteiger partial charge in [-0.25, -0.2) is 4.98 Å². The topological polar surface area (TPSA) is 74.8 Å². The lowest BCUT2D eigenvalue weighted by Crippen LogP contribution is -2.41. The van der Waals surface area contributed by atoms with Gasteiger partial charge in [0.1, 0.15) is 6.54 Å². The van der Waals surface area contributed by atoms with Gasteiger partial charge in [0.25, 0.3) is 5.91 Å². The zero-order chi connectivity index (χ0) is 20.6. The van der Waals surface area contributed by atoms with E-state index in [-0.39, 0.29) is 18.4 Å². The third-order valence-corrected chi connectivity index (χ3v) is 5.63. The van der Waals surface area contributed by atoms with Crippen LogP contribution in [0.15, 0.2) is 30.5 Å². The Morgan fingerprint density at radius 3 is 2.83 bits per heavy atom. The number of anilines is 1. The summed E-state index contributed by atoms with van der Waals surface area (Å²) < 4.78 is 5.37. The second-order valence-corrected chi connectivity index (χ2v) is 8.54. The largest absolute Gasteiger partial charge is 0.379 e. The Kier molecular flexibility index (Phi) is 8.00. The van der Waals surface area contributed by atoms with Gasteiger partial charge in [-0.15, -0.1) is 11.3 Å². The fourth-order valence-corrected chi connectivity index (χ4v) is 3.98. The number of halogens is 1. The Labute approximate surface area is 179 Å². The Balaban J connectivity index is 1.62. The molecule has 7 nitrogen and oxygen atoms in total. The third kappa shape index (κ3) is 6.78. The quantitative estimate of drug-likeness (QED) is 0.688. The monoisotopic (exact) mass is 436 g/mol. The number of carbonyl (C=O) groups is 2. The van der Waals surface area contributed by atoms with Gasteiger partial charge in [-0.1, -0.05) is 17.7 Å². The molecule has 0 bridgehead atoms. The number of nitrogens with zero attached hydrogens (tertiary/aromatic N) is 3. The van der Waals surface area contributed by atoms with Crippen LogP contribution in [0, 0.1) is 6.92 Å². The Morgan fingerprint density at radius 1 is 1.34 bits per heavy atom. The van der Waals surface area contributed by atoms with E-state index in [0.29, 0.717) is 22.3 Å². The standard InChI is InChI=1S/C20H25ClN4O3S/c1-15-13-22-20(29-15)23-18(26)14-25(7-3-6-24-8-10-28-11-9-24)19(27)16-4-2-5-17(21)12-16/h2,4-5,12-13H,3,6-11,14H2,1H3,(H,22,23,26). The van der Waals surface area contributed by atoms with Crippen molar-refractivity contribution < 1.29 is 14.3 Å². The summed E-state index contributed by atoms with van der Waals surface area (Å²) in [5.74, 6) is -0.471. The van der Waals surface area contributed by atoms with Crippen LogP contribution in [0.1, 0.15) is 21.7 Å². The molecule has 156 valence electrons. The summed E-state index contributed by atoms with van der Waals surface area (Å²) in [5, 5.41) is 3.80. The summed E-state index contributed by atoms with van der Waals surface area (Å²) >= 11 is 7.44. The number of aryl methyl sites for hydroxylation is 1. The van der Waals surface area contributed by atoms with Crippen LogP contribution in [0.2, 0.25) is 5.02 Å². The molecule has 0 radical (unpaired) electrons. The van der Waals surface area contributed by atoms with Crippen molar-refractivity contribution in [2.75, 3.05) is 51.3 Å². The van der Waals surface area contributed by atoms with Crippen LogP contribution in [0.25, 0.3) is 0 Å². The van der Waals surface area contributed by atoms with Gasteiger partial charge in [-0.05, 0) is 31.5 Å². The van der Waals surface area contributed by atoms with Crippen molar-refractivity contribution in [2.24, 2.45) is 0 Å². The van der Waals surface area contributed by atoms with Gasteiger partial charge in [-0.2, -0.15) is 0 Å². The van der Waals surface area contributed by atoms with E-state index in [2.05, 4.69) is 15.2 Å². The highest BCUT2D eigenvalue weighted by atomic mass is 35.5. The molecule has 29 heavy (non-hydrogen) atoms. The van der Waals surface area contributed by atoms with Gasteiger partial charge in [0, 0.05) is 47.8 Å². The number of amides is 2. The van der Waals surface area contributed by atoms with E-state index < -0.39 is 0 Å². The Hall–Kier alpha value is -2.00. The predicted octanol–water partition coefficient (Wildman–Crippen LogP) is 2.91. The molecule has 1 aromatic heterocycles. The SMILES string of the molecule is Cc1cnc(NC(=O)CN(CCCN2CCOCC2)C(=O)c2cccc(Cl)c2)s1. The fraction of sp³-hybridized carbons (Fsp3) is 0.450. The zero-order valence-corrected chi connectivity index (χ0v) is 18.0. The summed E-state index contributed by atoms with van der Waals surface area (Å²) in [7, 11) is 0. The minimum Gasteiger partial charge on any atom is -0.379 e. The van der Waals surface area contributed by atoms with Crippen LogP contribution in [0.5, 0.6) is 0 Å². The van der Waals surface area contributed by atoms with E-state index in [0.717, 1.165) is 44.1 Å². The molecule has 1 aliphatic heterocycles. The van der Waals surface area contributed by atoms with E-state index in [4.69, 9.17) is 16.3 Å². The average Bonchev–Trinajstić information content (AvgIpc) is 3.12. The third-order valence-electron chi connectivity index (χ3n) is 4.57. The lowest BCUT2D eigenvalue weighted by Gasteiger charge is -2.28. The molecule has 1 N–H and O–H groups in total. The second kappa shape index (κ2) is 10.7. The van der Waals surface area contributed by atoms with Gasteiger partial charge < -0.3 is 15.0 Å². The predicted molar refractivity (Wildman–Crippen MR) is 115 cm³/mol. The molecule has 0 unspecified atom stereocenters. The molecule has 1 aromatic carbocycles. The number of hydrogen-bond donors (Lipinski definition) is 1. The summed E-state index contributed by atoms with van der Waals surface area (Å²) in [4.78, 5) is 34.6. The number of hydrogen-bond acceptors (Lipinski definition) is 6. The van der Waals surface area contributed by atoms with Gasteiger partial charge in [0.05, 0.1) is 13.2 Å². The fourth-order valence-electron chi connectivity index (χ4n) is 3.11. The maximum atomic E-state index is 13.0. The molecule has 2 heterocycles. The lowest BCUT2D eigenvalue weighted by atomic mass is 10.2. The van der Waals surface area contributed by atoms with Crippen molar-refractivity contribution in [1.29, 1.82) is 0 Å². The van der Waals surface area contributed by atoms with Crippen molar-refractivity contribution in [3.8, 4) is 0 Å². The molecule has 1 fully saturated rings. The van der Waals surface area contributed by atoms with Crippen LogP contribution < -0.4 is 5.32 Å². The van der Waals surface area contributed by atoms with Crippen LogP contribution >= 0.6 is 22.9 Å². The normalized spacial score (nSPS) is 14.6. The summed E-state index contributed by atoms with van der Waals surface area (Å²) in [6, 6.07) is 6.80. The first-order valence-corrected chi connectivity index (χ1v) is 10.8. The van der Waals surface area contributed by atoms with E-state index >= 15 is 0 Å². The number of benzene rings is 1. The molecule has 0 atom stereocenters. The van der Waals surface area contributed by atoms with Gasteiger partial charge in [0.15, 0.2) is 5.13 Å². The molecule has 1 saturated heterocycles. The second-order valence-electron chi connectivity index (χ2n) is 6.87. The van der Waals surface area contributed by atoms with Crippen molar-refractivity contribution in [1.82, 2.24) is 14.8 Å². The molecule has 0 aliphatic carbocycles. The molecule has 9 heteroatoms. The Bertz CT molecular complexity index is 839. The lowest BCUT2D eigenvalue weighted by molar-refractivity contribution is -0.116. The van der Waals surface area contributed by atoms with Gasteiger partial charge in [-0.3, -0.25) is 14.5 Å². The highest BCUT2D eigenvalue weighted by molar-refractivity contribution is 7.15. The van der Waals surface area contributed by atoms with E-state index in [1.165, 1.54) is 11.3 Å². The number of aromatic nitrogens is 1. The van der Waals surface area contributed by atoms with Crippen molar-refractivity contribution >= 4 is 39.9 Å². The molecule has 2 amide bonds. The highest BCUT2D eigenvalue weighted by Crippen LogP contribution is 2.17. The summed E-state index contributed by atoms with van der Waals surface area (Å²) in [5.41, 5.74) is 0.474. The van der Waals surface area contributed by atoms with Crippen LogP contribution in [-0.4, -0.2) is 72.5 Å². The minimum atomic E-state index is -0.263. The van der Waals surface area contributed by atoms with Crippen molar-refractivity contribution in [3.05, 3.63) is 45.9 Å². The smallest absolute Gasteiger partial charge is 0.254 e. The number of nitrogens with one attached hydrogen (secondary N) is 1. The summed E-state index contributed by atoms with van der Waals surface area (Å²) in [6.07, 6.45) is 2.48. The highest BCUT2D eigenvalue weighted by Gasteiger charge is 2.20. The zero-order valence-electron chi connectivity index (χ0n) is 16.4. The van der Waals surface area contributed by atoms with Crippen LogP contribution in [-0.2, 0) is 9.53 Å². The van der Waals surface area contributed by atoms with Gasteiger partial charge in [0.2, 0.25) is 5.91 Å². The number of rotatable bonds is 8. The first-order valence-electron chi connectivity index (χ1n) is 9.58. The van der Waals surface area contributed by atoms with E-state index in [1.807, 2.05) is 6.92 Å². The first-order chi connectivity index (χ1) is 14.0. The number of morpholine rings is 1. The Morgan fingerprint density at radius 2 is 2.14 bits per heavy atom. The molecule has 3 rings (SSSR count). The molecular weight excluding hydrogens is 412 g/mol. The van der Waals surface area contributed by atoms with Crippen molar-refractivity contribution in [2.45, 2.75) is 13.3 Å². The van der Waals surface area contributed by atoms with E-state index in [9.17, 15) is 9.59 Å². The number of ether oxygens (including phenoxy) is 1. The maximum absolute atomic E-state index is 13.0. The van der Waals surface area contributed by atoms with E-state index in [1.54, 1.807) is 35.4 Å². The molecule has 0 spiro atoms. The number of thiazole rings is 1. The first kappa shape index (κ1) is 21.7. The molecule has 1 aliphatic rings. The minimum absolute atomic E-state index is 0.0346. The van der Waals surface area contributed by atoms with Crippen LogP contribution in [0.3, 0.4) is 0 Å². The molecule has 2 aromatic rings. The van der Waals surface area contributed by atoms with Crippen LogP contribution in [0.4, 0.5) is 5.13 Å². The molecule has 0 saturated carbocycles. The molecular formula is C20H25ClN4O3S. The van der Waals surface area contributed by atoms with Gasteiger partial charge >= 0.3 is 0 Å². The summed E-state index contributed by atoms with van der Waals surface area (Å²) in [6.45, 7) is 6.49. The average molecular weight is 437 g/mol. The number of carbonyl (C=O) groups excluding carboxylic acids is 2.